The summed E-state index contributed by atoms with van der Waals surface area (Å²) in [5.74, 6) is 12.4. The Hall–Kier alpha value is -2.99. The number of rotatable bonds is 12. The summed E-state index contributed by atoms with van der Waals surface area (Å²) in [5.41, 5.74) is 15.5. The number of amides is 3. The second-order valence-corrected chi connectivity index (χ2v) is 26.1. The van der Waals surface area contributed by atoms with Crippen molar-refractivity contribution in [2.75, 3.05) is 19.6 Å². The van der Waals surface area contributed by atoms with Gasteiger partial charge in [-0.2, -0.15) is 0 Å². The van der Waals surface area contributed by atoms with Crippen LogP contribution < -0.4 is 0 Å². The van der Waals surface area contributed by atoms with Gasteiger partial charge in [0.2, 0.25) is 5.91 Å². The molecule has 4 saturated carbocycles. The zero-order chi connectivity index (χ0) is 55.0. The summed E-state index contributed by atoms with van der Waals surface area (Å²) in [4.78, 5) is 37.3. The molecule has 11 rings (SSSR count). The molecule has 4 heterocycles. The fraction of sp³-hybridized carbons (Fsp3) is 0.783. The van der Waals surface area contributed by atoms with Crippen molar-refractivity contribution in [3.63, 3.8) is 0 Å². The first kappa shape index (κ1) is 61.2. The van der Waals surface area contributed by atoms with E-state index in [0.717, 1.165) is 109 Å². The molecule has 0 aromatic rings. The minimum Gasteiger partial charge on any atom is -0.366 e. The standard InChI is InChI=1S/C17H26.C12H20.C11H18O.C11H20.C9H13NO2.C9H15NO/c1-4-5-11-6-12-7-15(11)17-14-8-13(16(12)17)9(2)10(14)3;1-4-5-10-6-11-7-12(10)9(3)8(11)2;1-4-5-9-6-10-7(2)8(3)11(9)12-10;1-4-6-11-8-5-7-9(2)10(11)3;1-4-5-10-8(11)6(2)7(3)9(10)12;1-3-6-10-7-4-5-8(2)9(10)11/h11-17H,4-8H2,1-3H3;10-12H,4-7H2,1-3H3;9-11H,4-6H2,1-3H3;11H,4-8H2,1-3H3;4-5H2,1-3H3;5H,3-4,6-7H2,1-2H3. The number of nitrogens with zero attached hydrogens (tertiary/aromatic N) is 2. The van der Waals surface area contributed by atoms with Crippen LogP contribution in [-0.2, 0) is 19.1 Å². The number of hydrogen-bond donors (Lipinski definition) is 0. The van der Waals surface area contributed by atoms with Crippen molar-refractivity contribution >= 4 is 17.7 Å². The maximum absolute atomic E-state index is 11.4. The molecule has 0 aromatic carbocycles. The van der Waals surface area contributed by atoms with E-state index < -0.39 is 0 Å². The van der Waals surface area contributed by atoms with Gasteiger partial charge in [-0.05, 0) is 248 Å². The fourth-order valence-electron chi connectivity index (χ4n) is 17.2. The molecule has 4 aliphatic heterocycles. The van der Waals surface area contributed by atoms with Crippen molar-refractivity contribution in [1.82, 2.24) is 9.80 Å². The Morgan fingerprint density at radius 1 is 0.520 bits per heavy atom. The number of fused-ring (bicyclic) bond motifs is 13. The minimum atomic E-state index is -0.126. The molecule has 3 amide bonds. The van der Waals surface area contributed by atoms with E-state index in [1.165, 1.54) is 106 Å². The largest absolute Gasteiger partial charge is 0.366 e. The van der Waals surface area contributed by atoms with Gasteiger partial charge in [-0.1, -0.05) is 120 Å². The second kappa shape index (κ2) is 27.7. The molecule has 75 heavy (non-hydrogen) atoms. The lowest BCUT2D eigenvalue weighted by Gasteiger charge is -2.39. The first-order valence-electron chi connectivity index (χ1n) is 31.6. The highest BCUT2D eigenvalue weighted by molar-refractivity contribution is 6.18. The predicted octanol–water partition coefficient (Wildman–Crippen LogP) is 17.9. The van der Waals surface area contributed by atoms with Gasteiger partial charge >= 0.3 is 0 Å². The number of ether oxygens (including phenoxy) is 1. The van der Waals surface area contributed by atoms with Crippen LogP contribution in [0.2, 0.25) is 0 Å². The molecule has 14 atom stereocenters. The average Bonchev–Trinajstić information content (AvgIpc) is 4.30. The van der Waals surface area contributed by atoms with Gasteiger partial charge in [0, 0.05) is 36.4 Å². The first-order valence-corrected chi connectivity index (χ1v) is 31.6. The molecule has 0 N–H and O–H groups in total. The Morgan fingerprint density at radius 3 is 1.67 bits per heavy atom. The quantitative estimate of drug-likeness (QED) is 0.111. The predicted molar refractivity (Wildman–Crippen MR) is 316 cm³/mol. The van der Waals surface area contributed by atoms with E-state index in [1.54, 1.807) is 66.5 Å². The van der Waals surface area contributed by atoms with Crippen molar-refractivity contribution in [3.8, 4) is 0 Å². The summed E-state index contributed by atoms with van der Waals surface area (Å²) in [6.07, 6.45) is 30.3. The molecule has 1 saturated heterocycles. The van der Waals surface area contributed by atoms with Crippen LogP contribution in [0.25, 0.3) is 0 Å². The Bertz CT molecular complexity index is 2130. The first-order chi connectivity index (χ1) is 35.8. The Kier molecular flexibility index (Phi) is 22.6. The number of allylic oxidation sites excluding steroid dienone is 6. The van der Waals surface area contributed by atoms with Crippen molar-refractivity contribution in [2.45, 2.75) is 258 Å². The van der Waals surface area contributed by atoms with Crippen LogP contribution in [0.5, 0.6) is 0 Å². The number of carbonyl (C=O) groups is 3. The summed E-state index contributed by atoms with van der Waals surface area (Å²) in [6, 6.07) is 0. The van der Waals surface area contributed by atoms with Crippen molar-refractivity contribution < 1.29 is 19.1 Å². The highest BCUT2D eigenvalue weighted by atomic mass is 16.5. The lowest BCUT2D eigenvalue weighted by atomic mass is 9.65. The Labute approximate surface area is 461 Å². The molecule has 0 radical (unpaired) electrons. The minimum absolute atomic E-state index is 0.126. The molecule has 5 fully saturated rings. The zero-order valence-electron chi connectivity index (χ0n) is 51.5. The van der Waals surface area contributed by atoms with Crippen LogP contribution >= 0.6 is 0 Å². The summed E-state index contributed by atoms with van der Waals surface area (Å²) < 4.78 is 5.89. The van der Waals surface area contributed by atoms with E-state index in [-0.39, 0.29) is 17.7 Å². The molecule has 6 heteroatoms. The van der Waals surface area contributed by atoms with E-state index >= 15 is 0 Å². The third-order valence-corrected chi connectivity index (χ3v) is 21.8. The molecule has 14 unspecified atom stereocenters. The van der Waals surface area contributed by atoms with Crippen LogP contribution in [-0.4, -0.2) is 59.4 Å². The molecular weight excluding hydrogens is 921 g/mol. The van der Waals surface area contributed by atoms with Gasteiger partial charge in [0.15, 0.2) is 0 Å². The van der Waals surface area contributed by atoms with Gasteiger partial charge < -0.3 is 9.64 Å². The van der Waals surface area contributed by atoms with Crippen LogP contribution in [0.15, 0.2) is 67.4 Å². The van der Waals surface area contributed by atoms with Crippen molar-refractivity contribution in [3.05, 3.63) is 67.4 Å². The van der Waals surface area contributed by atoms with E-state index in [9.17, 15) is 14.4 Å². The average molecular weight is 1030 g/mol. The molecule has 11 aliphatic rings. The van der Waals surface area contributed by atoms with E-state index in [4.69, 9.17) is 4.74 Å². The Balaban J connectivity index is 0.000000148. The molecular formula is C69H112N2O4. The fourth-order valence-corrected chi connectivity index (χ4v) is 17.2. The highest BCUT2D eigenvalue weighted by Crippen LogP contribution is 2.70. The lowest BCUT2D eigenvalue weighted by Crippen LogP contribution is -2.35. The van der Waals surface area contributed by atoms with Crippen LogP contribution in [0.1, 0.15) is 246 Å². The normalized spacial score (nSPS) is 34.6. The molecule has 0 spiro atoms. The Morgan fingerprint density at radius 2 is 1.11 bits per heavy atom. The summed E-state index contributed by atoms with van der Waals surface area (Å²) in [5, 5.41) is 0. The monoisotopic (exact) mass is 1030 g/mol. The molecule has 6 nitrogen and oxygen atoms in total. The second-order valence-electron chi connectivity index (χ2n) is 26.1. The number of imide groups is 1. The topological polar surface area (TPSA) is 66.9 Å². The summed E-state index contributed by atoms with van der Waals surface area (Å²) in [7, 11) is 0. The smallest absolute Gasteiger partial charge is 0.256 e. The van der Waals surface area contributed by atoms with Gasteiger partial charge in [-0.25, -0.2) is 0 Å². The van der Waals surface area contributed by atoms with Crippen molar-refractivity contribution in [1.29, 1.82) is 0 Å². The third-order valence-electron chi connectivity index (χ3n) is 21.8. The third kappa shape index (κ3) is 13.4. The maximum Gasteiger partial charge on any atom is 0.256 e. The van der Waals surface area contributed by atoms with Gasteiger partial charge in [-0.3, -0.25) is 19.3 Å². The lowest BCUT2D eigenvalue weighted by molar-refractivity contribution is -0.137. The number of hydrogen-bond acceptors (Lipinski definition) is 4. The zero-order valence-corrected chi connectivity index (χ0v) is 51.5. The molecule has 422 valence electrons. The summed E-state index contributed by atoms with van der Waals surface area (Å²) >= 11 is 0. The van der Waals surface area contributed by atoms with Crippen LogP contribution in [0.4, 0.5) is 0 Å². The van der Waals surface area contributed by atoms with E-state index in [2.05, 4.69) is 90.0 Å². The van der Waals surface area contributed by atoms with Crippen molar-refractivity contribution in [2.24, 2.45) is 71.0 Å². The van der Waals surface area contributed by atoms with Gasteiger partial charge in [0.05, 0.1) is 12.2 Å². The molecule has 0 aromatic heterocycles. The number of carbonyl (C=O) groups excluding carboxylic acids is 3. The van der Waals surface area contributed by atoms with E-state index in [0.29, 0.717) is 29.9 Å². The maximum atomic E-state index is 11.4. The van der Waals surface area contributed by atoms with Gasteiger partial charge in [0.1, 0.15) is 0 Å². The van der Waals surface area contributed by atoms with Gasteiger partial charge in [0.25, 0.3) is 11.8 Å². The molecule has 7 aliphatic carbocycles. The molecule has 8 bridgehead atoms. The summed E-state index contributed by atoms with van der Waals surface area (Å²) in [6.45, 7) is 39.6. The van der Waals surface area contributed by atoms with Crippen LogP contribution in [0, 0.1) is 71.0 Å². The SMILES string of the molecule is CCCC1CC2CC1C(C)=C2C.CCCC1CC2CC1C1C3CC(C(C)=C3C)C21.CCCC1CC2OC1C(C)=C2C.CCCC1CCCC(C)=C1C.CCCN1C(=O)C(C)=C(C)C1=O.CCCN1CCC=C(C)C1=O. The highest BCUT2D eigenvalue weighted by Gasteiger charge is 2.63. The van der Waals surface area contributed by atoms with Crippen LogP contribution in [0.3, 0.4) is 0 Å². The van der Waals surface area contributed by atoms with Gasteiger partial charge in [-0.15, -0.1) is 0 Å². The van der Waals surface area contributed by atoms with E-state index in [1.807, 2.05) is 24.8 Å².